The third-order valence-electron chi connectivity index (χ3n) is 14.3. The summed E-state index contributed by atoms with van der Waals surface area (Å²) in [6.45, 7) is 6.44. The van der Waals surface area contributed by atoms with Crippen molar-refractivity contribution < 1.29 is 28.6 Å². The molecule has 0 amide bonds. The number of allylic oxidation sites excluding steroid dienone is 17. The number of carbonyl (C=O) groups is 3. The molecule has 6 heteroatoms. The Labute approximate surface area is 489 Å². The number of esters is 3. The highest BCUT2D eigenvalue weighted by Crippen LogP contribution is 2.16. The Morgan fingerprint density at radius 3 is 0.899 bits per heavy atom. The van der Waals surface area contributed by atoms with Crippen LogP contribution in [-0.2, 0) is 28.6 Å². The van der Waals surface area contributed by atoms with E-state index in [2.05, 4.69) is 118 Å². The van der Waals surface area contributed by atoms with Gasteiger partial charge in [-0.1, -0.05) is 297 Å². The van der Waals surface area contributed by atoms with Crippen LogP contribution in [0, 0.1) is 0 Å². The van der Waals surface area contributed by atoms with Gasteiger partial charge < -0.3 is 14.2 Å². The molecule has 0 aromatic carbocycles. The molecule has 0 aliphatic heterocycles. The SMILES string of the molecule is CC/C=C\C/C=C\C/C=C\C/C=C\C/C=C\CC(=O)OCC(COC(=O)CCCCCCCCCCCCCCCC/C=C\C/C=C\C/C=C\CCCCCCC)OC(=O)CCCCCCCCC/C=C\CCCCCCCC. The maximum absolute atomic E-state index is 12.9. The second-order valence-corrected chi connectivity index (χ2v) is 22.0. The lowest BCUT2D eigenvalue weighted by molar-refractivity contribution is -0.166. The van der Waals surface area contributed by atoms with Gasteiger partial charge in [0.25, 0.3) is 0 Å². The number of hydrogen-bond donors (Lipinski definition) is 0. The molecule has 0 aliphatic carbocycles. The van der Waals surface area contributed by atoms with Gasteiger partial charge in [-0.15, -0.1) is 0 Å². The number of hydrogen-bond acceptors (Lipinski definition) is 6. The first-order valence-electron chi connectivity index (χ1n) is 33.4. The molecule has 452 valence electrons. The molecular weight excluding hydrogens is 973 g/mol. The molecule has 0 heterocycles. The summed E-state index contributed by atoms with van der Waals surface area (Å²) in [6.07, 6.45) is 91.3. The molecule has 0 fully saturated rings. The van der Waals surface area contributed by atoms with Gasteiger partial charge >= 0.3 is 17.9 Å². The van der Waals surface area contributed by atoms with Crippen molar-refractivity contribution in [1.82, 2.24) is 0 Å². The molecule has 1 unspecified atom stereocenters. The zero-order valence-corrected chi connectivity index (χ0v) is 51.9. The van der Waals surface area contributed by atoms with E-state index in [1.165, 1.54) is 193 Å². The quantitative estimate of drug-likeness (QED) is 0.0261. The average molecular weight is 1100 g/mol. The van der Waals surface area contributed by atoms with E-state index >= 15 is 0 Å². The Kier molecular flexibility index (Phi) is 63.3. The van der Waals surface area contributed by atoms with Crippen molar-refractivity contribution in [2.75, 3.05) is 13.2 Å². The summed E-state index contributed by atoms with van der Waals surface area (Å²) in [7, 11) is 0. The molecule has 0 aliphatic rings. The summed E-state index contributed by atoms with van der Waals surface area (Å²) in [4.78, 5) is 38.3. The molecule has 79 heavy (non-hydrogen) atoms. The standard InChI is InChI=1S/C73H124O6/c1-4-7-10-13-16-19-22-25-28-30-31-32-33-34-35-36-37-38-39-40-41-43-45-48-51-54-57-60-63-66-72(75)78-69-70(68-77-71(74)65-62-59-56-53-50-47-44-27-24-21-18-15-12-9-6-3)79-73(76)67-64-61-58-55-52-49-46-42-29-26-23-20-17-14-11-8-5-2/h9,12,18,21-22,25-27,29-31,33-34,44,50,53,59,62,70H,4-8,10-11,13-17,19-20,23-24,28,32,35-43,45-49,51-52,54-58,60-61,63-69H2,1-3H3/b12-9-,21-18-,25-22-,29-26-,31-30-,34-33-,44-27-,53-50-,62-59-. The smallest absolute Gasteiger partial charge is 0.309 e. The van der Waals surface area contributed by atoms with E-state index in [-0.39, 0.29) is 31.6 Å². The zero-order valence-electron chi connectivity index (χ0n) is 51.9. The zero-order chi connectivity index (χ0) is 57.1. The minimum absolute atomic E-state index is 0.109. The van der Waals surface area contributed by atoms with E-state index in [1.807, 2.05) is 6.08 Å². The van der Waals surface area contributed by atoms with E-state index < -0.39 is 12.1 Å². The van der Waals surface area contributed by atoms with Crippen LogP contribution in [0.3, 0.4) is 0 Å². The molecule has 0 bridgehead atoms. The second kappa shape index (κ2) is 66.6. The van der Waals surface area contributed by atoms with Crippen molar-refractivity contribution in [2.24, 2.45) is 0 Å². The lowest BCUT2D eigenvalue weighted by Gasteiger charge is -2.18. The van der Waals surface area contributed by atoms with Gasteiger partial charge in [0.1, 0.15) is 13.2 Å². The van der Waals surface area contributed by atoms with E-state index in [1.54, 1.807) is 6.08 Å². The van der Waals surface area contributed by atoms with Crippen LogP contribution >= 0.6 is 0 Å². The lowest BCUT2D eigenvalue weighted by atomic mass is 10.0. The maximum Gasteiger partial charge on any atom is 0.309 e. The highest BCUT2D eigenvalue weighted by atomic mass is 16.6. The molecule has 0 N–H and O–H groups in total. The largest absolute Gasteiger partial charge is 0.462 e. The normalized spacial score (nSPS) is 12.8. The number of rotatable bonds is 60. The Hall–Kier alpha value is -3.93. The monoisotopic (exact) mass is 1100 g/mol. The van der Waals surface area contributed by atoms with E-state index in [4.69, 9.17) is 14.2 Å². The highest BCUT2D eigenvalue weighted by Gasteiger charge is 2.19. The van der Waals surface area contributed by atoms with Gasteiger partial charge in [-0.25, -0.2) is 0 Å². The maximum atomic E-state index is 12.9. The molecule has 0 rings (SSSR count). The van der Waals surface area contributed by atoms with E-state index in [9.17, 15) is 14.4 Å². The lowest BCUT2D eigenvalue weighted by Crippen LogP contribution is -2.30. The molecule has 0 aromatic rings. The minimum atomic E-state index is -0.823. The summed E-state index contributed by atoms with van der Waals surface area (Å²) < 4.78 is 16.8. The predicted octanol–water partition coefficient (Wildman–Crippen LogP) is 23.0. The third kappa shape index (κ3) is 64.8. The summed E-state index contributed by atoms with van der Waals surface area (Å²) >= 11 is 0. The third-order valence-corrected chi connectivity index (χ3v) is 14.3. The molecule has 1 atom stereocenters. The summed E-state index contributed by atoms with van der Waals surface area (Å²) in [6, 6.07) is 0. The van der Waals surface area contributed by atoms with Crippen LogP contribution in [0.25, 0.3) is 0 Å². The van der Waals surface area contributed by atoms with Crippen LogP contribution in [0.2, 0.25) is 0 Å². The van der Waals surface area contributed by atoms with Crippen LogP contribution in [-0.4, -0.2) is 37.2 Å². The fourth-order valence-electron chi connectivity index (χ4n) is 9.28. The highest BCUT2D eigenvalue weighted by molar-refractivity contribution is 5.72. The molecule has 0 spiro atoms. The van der Waals surface area contributed by atoms with Gasteiger partial charge in [0.05, 0.1) is 6.42 Å². The fourth-order valence-corrected chi connectivity index (χ4v) is 9.28. The van der Waals surface area contributed by atoms with Crippen molar-refractivity contribution in [1.29, 1.82) is 0 Å². The van der Waals surface area contributed by atoms with Crippen molar-refractivity contribution in [3.63, 3.8) is 0 Å². The first-order valence-corrected chi connectivity index (χ1v) is 33.4. The Balaban J connectivity index is 4.33. The molecule has 6 nitrogen and oxygen atoms in total. The van der Waals surface area contributed by atoms with Crippen molar-refractivity contribution in [2.45, 2.75) is 322 Å². The van der Waals surface area contributed by atoms with Gasteiger partial charge in [-0.2, -0.15) is 0 Å². The van der Waals surface area contributed by atoms with Gasteiger partial charge in [0.2, 0.25) is 0 Å². The van der Waals surface area contributed by atoms with Crippen LogP contribution < -0.4 is 0 Å². The molecule has 0 saturated carbocycles. The Bertz CT molecular complexity index is 1590. The Morgan fingerprint density at radius 1 is 0.278 bits per heavy atom. The first-order chi connectivity index (χ1) is 39.0. The minimum Gasteiger partial charge on any atom is -0.462 e. The van der Waals surface area contributed by atoms with Gasteiger partial charge in [-0.3, -0.25) is 14.4 Å². The summed E-state index contributed by atoms with van der Waals surface area (Å²) in [5.74, 6) is -1.04. The van der Waals surface area contributed by atoms with Crippen molar-refractivity contribution in [3.05, 3.63) is 109 Å². The second-order valence-electron chi connectivity index (χ2n) is 22.0. The van der Waals surface area contributed by atoms with Crippen LogP contribution in [0.4, 0.5) is 0 Å². The summed E-state index contributed by atoms with van der Waals surface area (Å²) in [5, 5.41) is 0. The molecular formula is C73H124O6. The summed E-state index contributed by atoms with van der Waals surface area (Å²) in [5.41, 5.74) is 0. The van der Waals surface area contributed by atoms with Gasteiger partial charge in [0, 0.05) is 12.8 Å². The topological polar surface area (TPSA) is 78.9 Å². The Morgan fingerprint density at radius 2 is 0.544 bits per heavy atom. The van der Waals surface area contributed by atoms with E-state index in [0.29, 0.717) is 12.8 Å². The van der Waals surface area contributed by atoms with Crippen molar-refractivity contribution in [3.8, 4) is 0 Å². The average Bonchev–Trinajstić information content (AvgIpc) is 3.45. The number of ether oxygens (including phenoxy) is 3. The number of unbranched alkanes of at least 4 members (excludes halogenated alkanes) is 32. The predicted molar refractivity (Wildman–Crippen MR) is 343 cm³/mol. The molecule has 0 saturated heterocycles. The van der Waals surface area contributed by atoms with Crippen LogP contribution in [0.1, 0.15) is 316 Å². The molecule has 0 radical (unpaired) electrons. The van der Waals surface area contributed by atoms with Gasteiger partial charge in [-0.05, 0) is 109 Å². The van der Waals surface area contributed by atoms with Gasteiger partial charge in [0.15, 0.2) is 6.10 Å². The fraction of sp³-hybridized carbons (Fsp3) is 0.712. The van der Waals surface area contributed by atoms with Crippen molar-refractivity contribution >= 4 is 17.9 Å². The van der Waals surface area contributed by atoms with Crippen LogP contribution in [0.15, 0.2) is 109 Å². The van der Waals surface area contributed by atoms with E-state index in [0.717, 1.165) is 83.5 Å². The first kappa shape index (κ1) is 75.1. The van der Waals surface area contributed by atoms with Crippen LogP contribution in [0.5, 0.6) is 0 Å². The number of carbonyl (C=O) groups excluding carboxylic acids is 3. The molecule has 0 aromatic heterocycles.